The van der Waals surface area contributed by atoms with Crippen LogP contribution in [0.2, 0.25) is 0 Å². The lowest BCUT2D eigenvalue weighted by Gasteiger charge is -2.15. The number of H-pyrrole nitrogens is 1. The molecule has 0 radical (unpaired) electrons. The summed E-state index contributed by atoms with van der Waals surface area (Å²) < 4.78 is 19.0. The number of hydrogen-bond acceptors (Lipinski definition) is 3. The van der Waals surface area contributed by atoms with E-state index in [0.29, 0.717) is 28.0 Å². The fraction of sp³-hybridized carbons (Fsp3) is 0.158. The van der Waals surface area contributed by atoms with Crippen LogP contribution in [0.1, 0.15) is 21.9 Å². The van der Waals surface area contributed by atoms with Crippen LogP contribution < -0.4 is 0 Å². The predicted octanol–water partition coefficient (Wildman–Crippen LogP) is 4.03. The molecule has 4 rings (SSSR count). The number of carbonyl (C=O) groups excluding carboxylic acids is 1. The van der Waals surface area contributed by atoms with Crippen LogP contribution in [-0.4, -0.2) is 27.8 Å². The minimum Gasteiger partial charge on any atom is -0.461 e. The van der Waals surface area contributed by atoms with Crippen molar-refractivity contribution in [3.63, 3.8) is 0 Å². The molecule has 2 aromatic heterocycles. The van der Waals surface area contributed by atoms with Gasteiger partial charge in [0.15, 0.2) is 0 Å². The maximum Gasteiger partial charge on any atom is 0.257 e. The summed E-state index contributed by atoms with van der Waals surface area (Å²) in [6.45, 7) is 2.14. The van der Waals surface area contributed by atoms with Crippen molar-refractivity contribution in [1.29, 1.82) is 0 Å². The van der Waals surface area contributed by atoms with E-state index in [0.717, 1.165) is 11.1 Å². The number of benzene rings is 2. The lowest BCUT2D eigenvalue weighted by molar-refractivity contribution is 0.0783. The number of carbonyl (C=O) groups is 1. The largest absolute Gasteiger partial charge is 0.461 e. The minimum absolute atomic E-state index is 0.161. The van der Waals surface area contributed by atoms with Gasteiger partial charge in [0.05, 0.1) is 23.1 Å². The molecule has 2 heterocycles. The van der Waals surface area contributed by atoms with Gasteiger partial charge in [-0.05, 0) is 37.3 Å². The number of aryl methyl sites for hydroxylation is 1. The first kappa shape index (κ1) is 15.4. The second kappa shape index (κ2) is 5.73. The molecular formula is C19H16FN3O2. The number of nitrogens with zero attached hydrogens (tertiary/aromatic N) is 2. The quantitative estimate of drug-likeness (QED) is 0.614. The molecule has 0 spiro atoms. The van der Waals surface area contributed by atoms with Gasteiger partial charge in [0, 0.05) is 12.4 Å². The van der Waals surface area contributed by atoms with Crippen molar-refractivity contribution < 1.29 is 13.6 Å². The standard InChI is InChI=1S/C19H16FN3O2/c1-11-8-12-4-3-5-14(18(12)25-11)19(24)23(2)10-17-21-15-7-6-13(20)9-16(15)22-17/h3-9H,10H2,1-2H3,(H,21,22). The SMILES string of the molecule is Cc1cc2cccc(C(=O)N(C)Cc3nc4ccc(F)cc4[nH]3)c2o1. The number of furan rings is 1. The Balaban J connectivity index is 1.62. The van der Waals surface area contributed by atoms with Crippen LogP contribution in [0.25, 0.3) is 22.0 Å². The first-order chi connectivity index (χ1) is 12.0. The molecule has 0 saturated carbocycles. The number of aromatic nitrogens is 2. The molecule has 5 nitrogen and oxygen atoms in total. The molecule has 0 atom stereocenters. The lowest BCUT2D eigenvalue weighted by Crippen LogP contribution is -2.26. The van der Waals surface area contributed by atoms with Gasteiger partial charge in [0.1, 0.15) is 23.0 Å². The summed E-state index contributed by atoms with van der Waals surface area (Å²) in [4.78, 5) is 21.8. The zero-order valence-corrected chi connectivity index (χ0v) is 13.8. The summed E-state index contributed by atoms with van der Waals surface area (Å²) in [7, 11) is 1.70. The zero-order chi connectivity index (χ0) is 17.6. The van der Waals surface area contributed by atoms with Gasteiger partial charge in [0.25, 0.3) is 5.91 Å². The van der Waals surface area contributed by atoms with Crippen molar-refractivity contribution in [2.24, 2.45) is 0 Å². The molecular weight excluding hydrogens is 321 g/mol. The maximum absolute atomic E-state index is 13.3. The van der Waals surface area contributed by atoms with E-state index in [-0.39, 0.29) is 18.3 Å². The van der Waals surface area contributed by atoms with Crippen LogP contribution in [0.5, 0.6) is 0 Å². The summed E-state index contributed by atoms with van der Waals surface area (Å²) in [5.41, 5.74) is 2.37. The van der Waals surface area contributed by atoms with Crippen LogP contribution in [-0.2, 0) is 6.54 Å². The van der Waals surface area contributed by atoms with E-state index in [1.165, 1.54) is 12.1 Å². The zero-order valence-electron chi connectivity index (χ0n) is 13.8. The van der Waals surface area contributed by atoms with E-state index in [9.17, 15) is 9.18 Å². The Kier molecular flexibility index (Phi) is 3.53. The summed E-state index contributed by atoms with van der Waals surface area (Å²) >= 11 is 0. The molecule has 25 heavy (non-hydrogen) atoms. The molecule has 126 valence electrons. The molecule has 0 aliphatic rings. The van der Waals surface area contributed by atoms with Gasteiger partial charge in [-0.1, -0.05) is 12.1 Å². The molecule has 0 bridgehead atoms. The normalized spacial score (nSPS) is 11.3. The third kappa shape index (κ3) is 2.76. The van der Waals surface area contributed by atoms with Crippen molar-refractivity contribution in [3.8, 4) is 0 Å². The molecule has 6 heteroatoms. The lowest BCUT2D eigenvalue weighted by atomic mass is 10.1. The van der Waals surface area contributed by atoms with Crippen LogP contribution in [0, 0.1) is 12.7 Å². The number of aromatic amines is 1. The van der Waals surface area contributed by atoms with Crippen molar-refractivity contribution >= 4 is 27.9 Å². The van der Waals surface area contributed by atoms with Gasteiger partial charge in [0.2, 0.25) is 0 Å². The molecule has 1 amide bonds. The molecule has 0 saturated heterocycles. The predicted molar refractivity (Wildman–Crippen MR) is 92.8 cm³/mol. The van der Waals surface area contributed by atoms with Crippen molar-refractivity contribution in [2.75, 3.05) is 7.05 Å². The Morgan fingerprint density at radius 1 is 1.28 bits per heavy atom. The summed E-state index contributed by atoms with van der Waals surface area (Å²) in [5.74, 6) is 0.870. The number of halogens is 1. The highest BCUT2D eigenvalue weighted by Crippen LogP contribution is 2.24. The van der Waals surface area contributed by atoms with Gasteiger partial charge in [-0.2, -0.15) is 0 Å². The highest BCUT2D eigenvalue weighted by Gasteiger charge is 2.18. The summed E-state index contributed by atoms with van der Waals surface area (Å²) in [6, 6.07) is 11.8. The maximum atomic E-state index is 13.3. The molecule has 0 fully saturated rings. The molecule has 2 aromatic carbocycles. The van der Waals surface area contributed by atoms with Crippen LogP contribution in [0.15, 0.2) is 46.9 Å². The average Bonchev–Trinajstić information content (AvgIpc) is 3.14. The van der Waals surface area contributed by atoms with E-state index < -0.39 is 0 Å². The van der Waals surface area contributed by atoms with Crippen LogP contribution in [0.4, 0.5) is 4.39 Å². The van der Waals surface area contributed by atoms with Gasteiger partial charge in [-0.3, -0.25) is 4.79 Å². The Morgan fingerprint density at radius 2 is 2.12 bits per heavy atom. The van der Waals surface area contributed by atoms with Crippen molar-refractivity contribution in [3.05, 3.63) is 65.4 Å². The third-order valence-corrected chi connectivity index (χ3v) is 4.12. The number of nitrogens with one attached hydrogen (secondary N) is 1. The van der Waals surface area contributed by atoms with E-state index >= 15 is 0 Å². The highest BCUT2D eigenvalue weighted by atomic mass is 19.1. The molecule has 4 aromatic rings. The fourth-order valence-corrected chi connectivity index (χ4v) is 2.97. The van der Waals surface area contributed by atoms with E-state index in [1.807, 2.05) is 25.1 Å². The van der Waals surface area contributed by atoms with E-state index in [2.05, 4.69) is 9.97 Å². The van der Waals surface area contributed by atoms with Crippen LogP contribution in [0.3, 0.4) is 0 Å². The van der Waals surface area contributed by atoms with Crippen molar-refractivity contribution in [2.45, 2.75) is 13.5 Å². The number of rotatable bonds is 3. The number of amides is 1. The Labute approximate surface area is 143 Å². The van der Waals surface area contributed by atoms with E-state index in [4.69, 9.17) is 4.42 Å². The van der Waals surface area contributed by atoms with E-state index in [1.54, 1.807) is 24.1 Å². The van der Waals surface area contributed by atoms with Gasteiger partial charge in [-0.15, -0.1) is 0 Å². The number of fused-ring (bicyclic) bond motifs is 2. The highest BCUT2D eigenvalue weighted by molar-refractivity contribution is 6.04. The number of imidazole rings is 1. The number of para-hydroxylation sites is 1. The second-order valence-electron chi connectivity index (χ2n) is 6.09. The first-order valence-electron chi connectivity index (χ1n) is 7.90. The number of hydrogen-bond donors (Lipinski definition) is 1. The smallest absolute Gasteiger partial charge is 0.257 e. The third-order valence-electron chi connectivity index (χ3n) is 4.12. The van der Waals surface area contributed by atoms with Gasteiger partial charge >= 0.3 is 0 Å². The van der Waals surface area contributed by atoms with Crippen molar-refractivity contribution in [1.82, 2.24) is 14.9 Å². The molecule has 1 N–H and O–H groups in total. The average molecular weight is 337 g/mol. The van der Waals surface area contributed by atoms with Gasteiger partial charge in [-0.25, -0.2) is 9.37 Å². The Morgan fingerprint density at radius 3 is 2.96 bits per heavy atom. The minimum atomic E-state index is -0.327. The summed E-state index contributed by atoms with van der Waals surface area (Å²) in [5, 5.41) is 0.899. The second-order valence-corrected chi connectivity index (χ2v) is 6.09. The first-order valence-corrected chi connectivity index (χ1v) is 7.90. The van der Waals surface area contributed by atoms with Gasteiger partial charge < -0.3 is 14.3 Å². The topological polar surface area (TPSA) is 62.1 Å². The molecule has 0 aliphatic carbocycles. The Hall–Kier alpha value is -3.15. The molecule has 0 aliphatic heterocycles. The monoisotopic (exact) mass is 337 g/mol. The fourth-order valence-electron chi connectivity index (χ4n) is 2.97. The van der Waals surface area contributed by atoms with Crippen LogP contribution >= 0.6 is 0 Å². The molecule has 0 unspecified atom stereocenters. The summed E-state index contributed by atoms with van der Waals surface area (Å²) in [6.07, 6.45) is 0. The Bertz CT molecular complexity index is 1100.